The van der Waals surface area contributed by atoms with Crippen LogP contribution in [0.1, 0.15) is 32.4 Å². The quantitative estimate of drug-likeness (QED) is 0.776. The second kappa shape index (κ2) is 6.06. The first-order chi connectivity index (χ1) is 7.58. The second-order valence-electron chi connectivity index (χ2n) is 4.94. The number of hydrogen-bond acceptors (Lipinski definition) is 2. The summed E-state index contributed by atoms with van der Waals surface area (Å²) in [5.74, 6) is 0.892. The maximum Gasteiger partial charge on any atom is 0.0473 e. The van der Waals surface area contributed by atoms with E-state index in [-0.39, 0.29) is 6.61 Å². The van der Waals surface area contributed by atoms with Crippen molar-refractivity contribution in [2.24, 2.45) is 11.8 Å². The van der Waals surface area contributed by atoms with E-state index in [2.05, 4.69) is 49.1 Å². The van der Waals surface area contributed by atoms with Gasteiger partial charge in [0.2, 0.25) is 0 Å². The predicted octanol–water partition coefficient (Wildman–Crippen LogP) is 2.03. The number of nitrogens with one attached hydrogen (secondary N) is 1. The van der Waals surface area contributed by atoms with E-state index in [0.717, 1.165) is 6.54 Å². The maximum absolute atomic E-state index is 9.02. The number of rotatable bonds is 6. The molecule has 1 aromatic rings. The van der Waals surface area contributed by atoms with E-state index in [4.69, 9.17) is 5.11 Å². The lowest BCUT2D eigenvalue weighted by Crippen LogP contribution is -2.21. The highest BCUT2D eigenvalue weighted by Gasteiger charge is 2.14. The van der Waals surface area contributed by atoms with Crippen molar-refractivity contribution in [3.8, 4) is 0 Å². The van der Waals surface area contributed by atoms with Gasteiger partial charge in [-0.25, -0.2) is 0 Å². The first-order valence-corrected chi connectivity index (χ1v) is 6.02. The van der Waals surface area contributed by atoms with E-state index in [1.54, 1.807) is 0 Å². The molecule has 1 heterocycles. The minimum Gasteiger partial charge on any atom is -0.396 e. The minimum atomic E-state index is 0.243. The van der Waals surface area contributed by atoms with Crippen molar-refractivity contribution in [3.63, 3.8) is 0 Å². The Morgan fingerprint density at radius 1 is 1.38 bits per heavy atom. The molecule has 2 N–H and O–H groups in total. The molecule has 0 spiro atoms. The third-order valence-corrected chi connectivity index (χ3v) is 2.94. The van der Waals surface area contributed by atoms with Gasteiger partial charge in [-0.2, -0.15) is 0 Å². The minimum absolute atomic E-state index is 0.243. The average molecular weight is 224 g/mol. The average Bonchev–Trinajstić information content (AvgIpc) is 2.66. The Balaban J connectivity index is 2.69. The summed E-state index contributed by atoms with van der Waals surface area (Å²) >= 11 is 0. The standard InChI is InChI=1S/C13H24N2O/c1-10(2)13(14-4)12-5-6-15(8-12)7-11(3)9-16/h5-6,8,10-11,13-14,16H,7,9H2,1-4H3. The number of aliphatic hydroxyl groups excluding tert-OH is 1. The van der Waals surface area contributed by atoms with Gasteiger partial charge in [0.25, 0.3) is 0 Å². The third-order valence-electron chi connectivity index (χ3n) is 2.94. The lowest BCUT2D eigenvalue weighted by molar-refractivity contribution is 0.223. The molecule has 0 saturated carbocycles. The van der Waals surface area contributed by atoms with E-state index >= 15 is 0 Å². The van der Waals surface area contributed by atoms with E-state index in [0.29, 0.717) is 17.9 Å². The fourth-order valence-electron chi connectivity index (χ4n) is 2.06. The highest BCUT2D eigenvalue weighted by Crippen LogP contribution is 2.21. The maximum atomic E-state index is 9.02. The first-order valence-electron chi connectivity index (χ1n) is 6.02. The molecule has 0 saturated heterocycles. The molecule has 3 nitrogen and oxygen atoms in total. The summed E-state index contributed by atoms with van der Waals surface area (Å²) in [5, 5.41) is 12.4. The van der Waals surface area contributed by atoms with Crippen molar-refractivity contribution >= 4 is 0 Å². The molecule has 16 heavy (non-hydrogen) atoms. The van der Waals surface area contributed by atoms with Crippen molar-refractivity contribution in [3.05, 3.63) is 24.0 Å². The van der Waals surface area contributed by atoms with Crippen LogP contribution in [0.3, 0.4) is 0 Å². The van der Waals surface area contributed by atoms with E-state index in [1.165, 1.54) is 5.56 Å². The Labute approximate surface area is 98.5 Å². The van der Waals surface area contributed by atoms with Crippen LogP contribution in [0.5, 0.6) is 0 Å². The molecule has 0 aliphatic rings. The lowest BCUT2D eigenvalue weighted by atomic mass is 9.99. The van der Waals surface area contributed by atoms with Gasteiger partial charge >= 0.3 is 0 Å². The van der Waals surface area contributed by atoms with Crippen molar-refractivity contribution in [2.45, 2.75) is 33.4 Å². The summed E-state index contributed by atoms with van der Waals surface area (Å²) in [6, 6.07) is 2.57. The number of aliphatic hydroxyl groups is 1. The topological polar surface area (TPSA) is 37.2 Å². The molecule has 0 bridgehead atoms. The summed E-state index contributed by atoms with van der Waals surface area (Å²) in [6.45, 7) is 7.61. The Morgan fingerprint density at radius 2 is 2.06 bits per heavy atom. The summed E-state index contributed by atoms with van der Waals surface area (Å²) in [4.78, 5) is 0. The van der Waals surface area contributed by atoms with Crippen molar-refractivity contribution in [1.29, 1.82) is 0 Å². The highest BCUT2D eigenvalue weighted by molar-refractivity contribution is 5.16. The van der Waals surface area contributed by atoms with Crippen LogP contribution in [0.25, 0.3) is 0 Å². The predicted molar refractivity (Wildman–Crippen MR) is 67.3 cm³/mol. The van der Waals surface area contributed by atoms with Gasteiger partial charge in [0.05, 0.1) is 0 Å². The molecular weight excluding hydrogens is 200 g/mol. The largest absolute Gasteiger partial charge is 0.396 e. The molecule has 0 aliphatic carbocycles. The lowest BCUT2D eigenvalue weighted by Gasteiger charge is -2.19. The number of nitrogens with zero attached hydrogens (tertiary/aromatic N) is 1. The van der Waals surface area contributed by atoms with Crippen LogP contribution in [0.15, 0.2) is 18.5 Å². The Kier molecular flexibility index (Phi) is 5.03. The van der Waals surface area contributed by atoms with Gasteiger partial charge < -0.3 is 15.0 Å². The smallest absolute Gasteiger partial charge is 0.0473 e. The Hall–Kier alpha value is -0.800. The normalized spacial score (nSPS) is 15.4. The van der Waals surface area contributed by atoms with Crippen molar-refractivity contribution < 1.29 is 5.11 Å². The van der Waals surface area contributed by atoms with Gasteiger partial charge in [-0.05, 0) is 30.5 Å². The number of hydrogen-bond donors (Lipinski definition) is 2. The van der Waals surface area contributed by atoms with Gasteiger partial charge in [0.15, 0.2) is 0 Å². The van der Waals surface area contributed by atoms with E-state index < -0.39 is 0 Å². The van der Waals surface area contributed by atoms with Crippen LogP contribution >= 0.6 is 0 Å². The zero-order valence-corrected chi connectivity index (χ0v) is 10.8. The molecule has 0 fully saturated rings. The van der Waals surface area contributed by atoms with Gasteiger partial charge in [-0.1, -0.05) is 20.8 Å². The fourth-order valence-corrected chi connectivity index (χ4v) is 2.06. The summed E-state index contributed by atoms with van der Waals surface area (Å²) < 4.78 is 2.16. The molecule has 1 rings (SSSR count). The molecule has 0 aromatic carbocycles. The molecule has 0 amide bonds. The van der Waals surface area contributed by atoms with Crippen molar-refractivity contribution in [2.75, 3.05) is 13.7 Å². The number of aromatic nitrogens is 1. The molecule has 2 atom stereocenters. The third kappa shape index (κ3) is 3.35. The molecule has 3 heteroatoms. The van der Waals surface area contributed by atoms with Crippen LogP contribution < -0.4 is 5.32 Å². The molecular formula is C13H24N2O. The van der Waals surface area contributed by atoms with Gasteiger partial charge in [-0.3, -0.25) is 0 Å². The van der Waals surface area contributed by atoms with Crippen LogP contribution in [0, 0.1) is 11.8 Å². The first kappa shape index (κ1) is 13.3. The van der Waals surface area contributed by atoms with Crippen LogP contribution in [0.4, 0.5) is 0 Å². The zero-order valence-electron chi connectivity index (χ0n) is 10.8. The molecule has 2 unspecified atom stereocenters. The monoisotopic (exact) mass is 224 g/mol. The van der Waals surface area contributed by atoms with Crippen LogP contribution in [0.2, 0.25) is 0 Å². The van der Waals surface area contributed by atoms with Gasteiger partial charge in [0.1, 0.15) is 0 Å². The molecule has 0 aliphatic heterocycles. The van der Waals surface area contributed by atoms with Crippen LogP contribution in [-0.2, 0) is 6.54 Å². The highest BCUT2D eigenvalue weighted by atomic mass is 16.3. The second-order valence-corrected chi connectivity index (χ2v) is 4.94. The Bertz CT molecular complexity index is 307. The SMILES string of the molecule is CNC(c1ccn(CC(C)CO)c1)C(C)C. The molecule has 0 radical (unpaired) electrons. The zero-order chi connectivity index (χ0) is 12.1. The fraction of sp³-hybridized carbons (Fsp3) is 0.692. The van der Waals surface area contributed by atoms with Gasteiger partial charge in [-0.15, -0.1) is 0 Å². The van der Waals surface area contributed by atoms with Crippen molar-refractivity contribution in [1.82, 2.24) is 9.88 Å². The molecule has 1 aromatic heterocycles. The van der Waals surface area contributed by atoms with Crippen LogP contribution in [-0.4, -0.2) is 23.3 Å². The van der Waals surface area contributed by atoms with E-state index in [1.807, 2.05) is 7.05 Å². The summed E-state index contributed by atoms with van der Waals surface area (Å²) in [5.41, 5.74) is 1.32. The van der Waals surface area contributed by atoms with E-state index in [9.17, 15) is 0 Å². The molecule has 92 valence electrons. The summed E-state index contributed by atoms with van der Waals surface area (Å²) in [7, 11) is 2.00. The van der Waals surface area contributed by atoms with Gasteiger partial charge in [0, 0.05) is 31.6 Å². The summed E-state index contributed by atoms with van der Waals surface area (Å²) in [6.07, 6.45) is 4.27. The Morgan fingerprint density at radius 3 is 2.56 bits per heavy atom.